The first kappa shape index (κ1) is 13.7. The molecular weight excluding hydrogens is 313 g/mol. The van der Waals surface area contributed by atoms with Crippen LogP contribution < -0.4 is 10.1 Å². The van der Waals surface area contributed by atoms with E-state index in [0.717, 1.165) is 6.54 Å². The number of hydrogen-bond donors (Lipinski definition) is 1. The minimum absolute atomic E-state index is 0.373. The SMILES string of the molecule is CCNc1cc(Oc2cc(F)cc(Br)c2)nc(C)n1. The molecule has 19 heavy (non-hydrogen) atoms. The highest BCUT2D eigenvalue weighted by molar-refractivity contribution is 9.10. The van der Waals surface area contributed by atoms with E-state index in [1.165, 1.54) is 12.1 Å². The molecule has 1 N–H and O–H groups in total. The number of benzene rings is 1. The summed E-state index contributed by atoms with van der Waals surface area (Å²) < 4.78 is 19.4. The molecule has 1 heterocycles. The van der Waals surface area contributed by atoms with E-state index in [-0.39, 0.29) is 5.82 Å². The first-order valence-electron chi connectivity index (χ1n) is 5.80. The molecule has 6 heteroatoms. The van der Waals surface area contributed by atoms with Crippen LogP contribution >= 0.6 is 15.9 Å². The molecule has 1 aromatic heterocycles. The van der Waals surface area contributed by atoms with E-state index in [9.17, 15) is 4.39 Å². The predicted octanol–water partition coefficient (Wildman–Crippen LogP) is 3.91. The Morgan fingerprint density at radius 3 is 2.74 bits per heavy atom. The Bertz CT molecular complexity index is 572. The number of anilines is 1. The van der Waals surface area contributed by atoms with Gasteiger partial charge in [-0.1, -0.05) is 15.9 Å². The minimum atomic E-state index is -0.373. The molecule has 1 aromatic carbocycles. The Kier molecular flexibility index (Phi) is 4.31. The zero-order valence-electron chi connectivity index (χ0n) is 10.6. The van der Waals surface area contributed by atoms with E-state index in [0.29, 0.717) is 27.7 Å². The quantitative estimate of drug-likeness (QED) is 0.925. The van der Waals surface area contributed by atoms with Crippen molar-refractivity contribution in [2.24, 2.45) is 0 Å². The lowest BCUT2D eigenvalue weighted by Gasteiger charge is -2.08. The average molecular weight is 326 g/mol. The molecule has 0 aliphatic rings. The number of ether oxygens (including phenoxy) is 1. The van der Waals surface area contributed by atoms with Crippen LogP contribution in [0.4, 0.5) is 10.2 Å². The molecule has 0 saturated heterocycles. The van der Waals surface area contributed by atoms with Crippen molar-refractivity contribution >= 4 is 21.7 Å². The van der Waals surface area contributed by atoms with E-state index >= 15 is 0 Å². The van der Waals surface area contributed by atoms with Crippen LogP contribution in [0.2, 0.25) is 0 Å². The Labute approximate surface area is 119 Å². The van der Waals surface area contributed by atoms with Crippen molar-refractivity contribution in [3.8, 4) is 11.6 Å². The summed E-state index contributed by atoms with van der Waals surface area (Å²) in [6, 6.07) is 6.01. The van der Waals surface area contributed by atoms with E-state index < -0.39 is 0 Å². The van der Waals surface area contributed by atoms with Crippen LogP contribution in [0.5, 0.6) is 11.6 Å². The molecule has 0 unspecified atom stereocenters. The smallest absolute Gasteiger partial charge is 0.224 e. The van der Waals surface area contributed by atoms with Gasteiger partial charge in [0.1, 0.15) is 23.2 Å². The summed E-state index contributed by atoms with van der Waals surface area (Å²) in [6.45, 7) is 4.50. The predicted molar refractivity (Wildman–Crippen MR) is 75.1 cm³/mol. The van der Waals surface area contributed by atoms with Gasteiger partial charge in [0.2, 0.25) is 5.88 Å². The lowest BCUT2D eigenvalue weighted by atomic mass is 10.3. The largest absolute Gasteiger partial charge is 0.439 e. The fourth-order valence-corrected chi connectivity index (χ4v) is 2.02. The second-order valence-corrected chi connectivity index (χ2v) is 4.79. The number of aromatic nitrogens is 2. The van der Waals surface area contributed by atoms with Gasteiger partial charge >= 0.3 is 0 Å². The zero-order chi connectivity index (χ0) is 13.8. The van der Waals surface area contributed by atoms with Gasteiger partial charge in [-0.3, -0.25) is 0 Å². The van der Waals surface area contributed by atoms with Gasteiger partial charge in [0.25, 0.3) is 0 Å². The molecule has 0 radical (unpaired) electrons. The van der Waals surface area contributed by atoms with Crippen LogP contribution in [-0.2, 0) is 0 Å². The Morgan fingerprint density at radius 1 is 1.26 bits per heavy atom. The first-order valence-corrected chi connectivity index (χ1v) is 6.59. The molecule has 0 saturated carbocycles. The van der Waals surface area contributed by atoms with Crippen LogP contribution in [0.25, 0.3) is 0 Å². The maximum Gasteiger partial charge on any atom is 0.224 e. The summed E-state index contributed by atoms with van der Waals surface area (Å²) in [5.74, 6) is 1.65. The highest BCUT2D eigenvalue weighted by Gasteiger charge is 2.06. The Balaban J connectivity index is 2.27. The molecule has 0 amide bonds. The summed E-state index contributed by atoms with van der Waals surface area (Å²) in [7, 11) is 0. The van der Waals surface area contributed by atoms with E-state index in [1.807, 2.05) is 6.92 Å². The Hall–Kier alpha value is -1.69. The van der Waals surface area contributed by atoms with Gasteiger partial charge < -0.3 is 10.1 Å². The lowest BCUT2D eigenvalue weighted by molar-refractivity contribution is 0.455. The summed E-state index contributed by atoms with van der Waals surface area (Å²) in [5, 5.41) is 3.08. The number of halogens is 2. The average Bonchev–Trinajstić information content (AvgIpc) is 2.26. The maximum absolute atomic E-state index is 13.3. The summed E-state index contributed by atoms with van der Waals surface area (Å²) in [5.41, 5.74) is 0. The third-order valence-corrected chi connectivity index (χ3v) is 2.69. The molecule has 2 aromatic rings. The number of nitrogens with zero attached hydrogens (tertiary/aromatic N) is 2. The summed E-state index contributed by atoms with van der Waals surface area (Å²) >= 11 is 3.22. The molecule has 2 rings (SSSR count). The van der Waals surface area contributed by atoms with Crippen molar-refractivity contribution < 1.29 is 9.13 Å². The van der Waals surface area contributed by atoms with Crippen molar-refractivity contribution in [3.05, 3.63) is 40.4 Å². The van der Waals surface area contributed by atoms with Crippen LogP contribution in [0.3, 0.4) is 0 Å². The molecule has 100 valence electrons. The van der Waals surface area contributed by atoms with Crippen molar-refractivity contribution in [1.29, 1.82) is 0 Å². The van der Waals surface area contributed by atoms with Crippen LogP contribution in [0.15, 0.2) is 28.7 Å². The fourth-order valence-electron chi connectivity index (χ4n) is 1.57. The van der Waals surface area contributed by atoms with Gasteiger partial charge in [-0.2, -0.15) is 4.98 Å². The van der Waals surface area contributed by atoms with Crippen molar-refractivity contribution in [2.75, 3.05) is 11.9 Å². The highest BCUT2D eigenvalue weighted by atomic mass is 79.9. The summed E-state index contributed by atoms with van der Waals surface area (Å²) in [4.78, 5) is 8.37. The second kappa shape index (κ2) is 5.97. The molecule has 0 atom stereocenters. The maximum atomic E-state index is 13.3. The standard InChI is InChI=1S/C13H13BrFN3O/c1-3-16-12-7-13(18-8(2)17-12)19-11-5-9(14)4-10(15)6-11/h4-7H,3H2,1-2H3,(H,16,17,18). The van der Waals surface area contributed by atoms with Gasteiger partial charge in [0.15, 0.2) is 0 Å². The first-order chi connectivity index (χ1) is 9.06. The van der Waals surface area contributed by atoms with Crippen molar-refractivity contribution in [2.45, 2.75) is 13.8 Å². The van der Waals surface area contributed by atoms with E-state index in [4.69, 9.17) is 4.74 Å². The molecule has 4 nitrogen and oxygen atoms in total. The second-order valence-electron chi connectivity index (χ2n) is 3.88. The number of rotatable bonds is 4. The van der Waals surface area contributed by atoms with Gasteiger partial charge in [0, 0.05) is 23.2 Å². The van der Waals surface area contributed by atoms with Crippen molar-refractivity contribution in [1.82, 2.24) is 9.97 Å². The summed E-state index contributed by atoms with van der Waals surface area (Å²) in [6.07, 6.45) is 0. The van der Waals surface area contributed by atoms with Gasteiger partial charge in [-0.25, -0.2) is 9.37 Å². The number of hydrogen-bond acceptors (Lipinski definition) is 4. The van der Waals surface area contributed by atoms with Crippen LogP contribution in [-0.4, -0.2) is 16.5 Å². The third kappa shape index (κ3) is 3.89. The van der Waals surface area contributed by atoms with E-state index in [2.05, 4.69) is 31.2 Å². The molecule has 0 aliphatic heterocycles. The fraction of sp³-hybridized carbons (Fsp3) is 0.231. The molecule has 0 aliphatic carbocycles. The molecule has 0 fully saturated rings. The van der Waals surface area contributed by atoms with Gasteiger partial charge in [0.05, 0.1) is 0 Å². The zero-order valence-corrected chi connectivity index (χ0v) is 12.2. The van der Waals surface area contributed by atoms with Crippen molar-refractivity contribution in [3.63, 3.8) is 0 Å². The number of nitrogens with one attached hydrogen (secondary N) is 1. The molecular formula is C13H13BrFN3O. The van der Waals surface area contributed by atoms with Gasteiger partial charge in [-0.05, 0) is 26.0 Å². The molecule has 0 spiro atoms. The normalized spacial score (nSPS) is 10.3. The highest BCUT2D eigenvalue weighted by Crippen LogP contribution is 2.25. The Morgan fingerprint density at radius 2 is 2.05 bits per heavy atom. The minimum Gasteiger partial charge on any atom is -0.439 e. The third-order valence-electron chi connectivity index (χ3n) is 2.23. The molecule has 0 bridgehead atoms. The monoisotopic (exact) mass is 325 g/mol. The van der Waals surface area contributed by atoms with Gasteiger partial charge in [-0.15, -0.1) is 0 Å². The number of aryl methyl sites for hydroxylation is 1. The van der Waals surface area contributed by atoms with Crippen LogP contribution in [0.1, 0.15) is 12.7 Å². The lowest BCUT2D eigenvalue weighted by Crippen LogP contribution is -2.02. The van der Waals surface area contributed by atoms with Crippen LogP contribution in [0, 0.1) is 12.7 Å². The van der Waals surface area contributed by atoms with E-state index in [1.54, 1.807) is 19.1 Å². The topological polar surface area (TPSA) is 47.0 Å².